The van der Waals surface area contributed by atoms with Gasteiger partial charge in [0.1, 0.15) is 9.79 Å². The van der Waals surface area contributed by atoms with Crippen LogP contribution in [0, 0.1) is 0 Å². The fraction of sp³-hybridized carbons (Fsp3) is 0. The maximum atomic E-state index is 11.3. The smallest absolute Gasteiger partial charge is 0.296 e. The van der Waals surface area contributed by atoms with Gasteiger partial charge in [-0.1, -0.05) is 24.3 Å². The van der Waals surface area contributed by atoms with Crippen LogP contribution in [0.3, 0.4) is 0 Å². The molecule has 0 spiro atoms. The van der Waals surface area contributed by atoms with Crippen molar-refractivity contribution < 1.29 is 25.9 Å². The van der Waals surface area contributed by atoms with Crippen molar-refractivity contribution in [1.29, 1.82) is 0 Å². The molecule has 0 aromatic heterocycles. The molecule has 0 radical (unpaired) electrons. The van der Waals surface area contributed by atoms with E-state index in [1.165, 1.54) is 24.3 Å². The second-order valence-electron chi connectivity index (χ2n) is 3.78. The Labute approximate surface area is 109 Å². The van der Waals surface area contributed by atoms with E-state index in [2.05, 4.69) is 0 Å². The van der Waals surface area contributed by atoms with Crippen molar-refractivity contribution in [1.82, 2.24) is 0 Å². The lowest BCUT2D eigenvalue weighted by atomic mass is 10.1. The van der Waals surface area contributed by atoms with E-state index < -0.39 is 30.0 Å². The van der Waals surface area contributed by atoms with E-state index in [-0.39, 0.29) is 16.5 Å². The number of anilines is 1. The summed E-state index contributed by atoms with van der Waals surface area (Å²) in [5, 5.41) is 0.167. The van der Waals surface area contributed by atoms with Crippen LogP contribution < -0.4 is 5.73 Å². The number of nitrogen functional groups attached to an aromatic ring is 1. The minimum absolute atomic E-state index is 0.0647. The molecule has 0 unspecified atom stereocenters. The summed E-state index contributed by atoms with van der Waals surface area (Å²) >= 11 is 0. The van der Waals surface area contributed by atoms with Gasteiger partial charge in [-0.3, -0.25) is 9.11 Å². The highest BCUT2D eigenvalue weighted by molar-refractivity contribution is 7.87. The summed E-state index contributed by atoms with van der Waals surface area (Å²) in [5.41, 5.74) is 5.32. The highest BCUT2D eigenvalue weighted by atomic mass is 32.2. The highest BCUT2D eigenvalue weighted by Crippen LogP contribution is 2.33. The van der Waals surface area contributed by atoms with Crippen LogP contribution in [0.5, 0.6) is 0 Å². The molecule has 0 fully saturated rings. The Morgan fingerprint density at radius 2 is 1.32 bits per heavy atom. The van der Waals surface area contributed by atoms with Crippen LogP contribution in [0.1, 0.15) is 0 Å². The Kier molecular flexibility index (Phi) is 3.01. The van der Waals surface area contributed by atoms with Gasteiger partial charge in [0.2, 0.25) is 0 Å². The summed E-state index contributed by atoms with van der Waals surface area (Å²) in [6, 6.07) is 6.39. The van der Waals surface area contributed by atoms with E-state index in [1.54, 1.807) is 0 Å². The molecule has 0 aliphatic rings. The molecule has 2 rings (SSSR count). The maximum Gasteiger partial charge on any atom is 0.296 e. The summed E-state index contributed by atoms with van der Waals surface area (Å²) in [6.07, 6.45) is 0. The number of hydrogen-bond acceptors (Lipinski definition) is 5. The molecule has 0 saturated heterocycles. The number of hydrogen-bond donors (Lipinski definition) is 3. The zero-order valence-corrected chi connectivity index (χ0v) is 10.9. The van der Waals surface area contributed by atoms with Crippen molar-refractivity contribution in [2.24, 2.45) is 0 Å². The monoisotopic (exact) mass is 303 g/mol. The largest absolute Gasteiger partial charge is 0.397 e. The van der Waals surface area contributed by atoms with Crippen molar-refractivity contribution in [3.05, 3.63) is 30.3 Å². The first-order chi connectivity index (χ1) is 8.62. The van der Waals surface area contributed by atoms with Crippen LogP contribution in [-0.2, 0) is 20.2 Å². The normalized spacial score (nSPS) is 12.7. The molecule has 19 heavy (non-hydrogen) atoms. The average molecular weight is 303 g/mol. The lowest BCUT2D eigenvalue weighted by Crippen LogP contribution is -2.08. The molecular weight excluding hydrogens is 294 g/mol. The van der Waals surface area contributed by atoms with Gasteiger partial charge in [0, 0.05) is 10.8 Å². The number of fused-ring (bicyclic) bond motifs is 1. The van der Waals surface area contributed by atoms with Crippen LogP contribution in [0.2, 0.25) is 0 Å². The predicted octanol–water partition coefficient (Wildman–Crippen LogP) is 0.915. The van der Waals surface area contributed by atoms with Crippen molar-refractivity contribution in [3.63, 3.8) is 0 Å². The summed E-state index contributed by atoms with van der Waals surface area (Å²) < 4.78 is 63.1. The molecule has 2 aromatic carbocycles. The van der Waals surface area contributed by atoms with Gasteiger partial charge in [-0.05, 0) is 6.07 Å². The van der Waals surface area contributed by atoms with Crippen LogP contribution in [0.25, 0.3) is 10.8 Å². The summed E-state index contributed by atoms with van der Waals surface area (Å²) in [7, 11) is -9.37. The van der Waals surface area contributed by atoms with Crippen molar-refractivity contribution in [3.8, 4) is 0 Å². The van der Waals surface area contributed by atoms with E-state index in [4.69, 9.17) is 14.8 Å². The third kappa shape index (κ3) is 2.40. The van der Waals surface area contributed by atoms with Crippen molar-refractivity contribution in [2.75, 3.05) is 5.73 Å². The average Bonchev–Trinajstić information content (AvgIpc) is 2.26. The molecule has 0 heterocycles. The van der Waals surface area contributed by atoms with Gasteiger partial charge in [0.15, 0.2) is 0 Å². The predicted molar refractivity (Wildman–Crippen MR) is 68.0 cm³/mol. The first-order valence-electron chi connectivity index (χ1n) is 4.88. The molecule has 0 amide bonds. The lowest BCUT2D eigenvalue weighted by molar-refractivity contribution is 0.482. The van der Waals surface area contributed by atoms with Gasteiger partial charge in [0.25, 0.3) is 20.2 Å². The second-order valence-corrected chi connectivity index (χ2v) is 6.56. The molecular formula is C10H9NO6S2. The SMILES string of the molecule is Nc1c(S(=O)(=O)O)cc(S(=O)(=O)O)c2ccccc12. The molecule has 0 aliphatic heterocycles. The summed E-state index contributed by atoms with van der Waals surface area (Å²) in [6.45, 7) is 0. The first kappa shape index (κ1) is 13.7. The van der Waals surface area contributed by atoms with E-state index >= 15 is 0 Å². The zero-order valence-electron chi connectivity index (χ0n) is 9.31. The van der Waals surface area contributed by atoms with Gasteiger partial charge < -0.3 is 5.73 Å². The highest BCUT2D eigenvalue weighted by Gasteiger charge is 2.23. The Bertz CT molecular complexity index is 870. The Hall–Kier alpha value is -1.68. The molecule has 2 aromatic rings. The second kappa shape index (κ2) is 4.17. The summed E-state index contributed by atoms with van der Waals surface area (Å²) in [5.74, 6) is 0. The molecule has 0 atom stereocenters. The fourth-order valence-electron chi connectivity index (χ4n) is 1.77. The Morgan fingerprint density at radius 1 is 0.842 bits per heavy atom. The van der Waals surface area contributed by atoms with Crippen LogP contribution in [-0.4, -0.2) is 25.9 Å². The maximum absolute atomic E-state index is 11.3. The van der Waals surface area contributed by atoms with E-state index in [9.17, 15) is 16.8 Å². The van der Waals surface area contributed by atoms with Crippen LogP contribution >= 0.6 is 0 Å². The third-order valence-corrected chi connectivity index (χ3v) is 4.35. The first-order valence-corrected chi connectivity index (χ1v) is 7.76. The molecule has 4 N–H and O–H groups in total. The number of benzene rings is 2. The van der Waals surface area contributed by atoms with Gasteiger partial charge >= 0.3 is 0 Å². The van der Waals surface area contributed by atoms with Crippen LogP contribution in [0.4, 0.5) is 5.69 Å². The zero-order chi connectivity index (χ0) is 14.4. The lowest BCUT2D eigenvalue weighted by Gasteiger charge is -2.10. The number of nitrogens with two attached hydrogens (primary N) is 1. The van der Waals surface area contributed by atoms with E-state index in [0.29, 0.717) is 6.07 Å². The number of rotatable bonds is 2. The van der Waals surface area contributed by atoms with Gasteiger partial charge in [0.05, 0.1) is 5.69 Å². The minimum Gasteiger partial charge on any atom is -0.397 e. The van der Waals surface area contributed by atoms with E-state index in [1.807, 2.05) is 0 Å². The van der Waals surface area contributed by atoms with Gasteiger partial charge in [-0.15, -0.1) is 0 Å². The molecule has 9 heteroatoms. The molecule has 102 valence electrons. The molecule has 0 aliphatic carbocycles. The molecule has 7 nitrogen and oxygen atoms in total. The van der Waals surface area contributed by atoms with Crippen molar-refractivity contribution >= 4 is 36.7 Å². The standard InChI is InChI=1S/C10H9NO6S2/c11-10-7-4-2-1-3-6(7)8(18(12,13)14)5-9(10)19(15,16)17/h1-5H,11H2,(H,12,13,14)(H,15,16,17). The van der Waals surface area contributed by atoms with Crippen LogP contribution in [0.15, 0.2) is 40.1 Å². The molecule has 0 bridgehead atoms. The third-order valence-electron chi connectivity index (χ3n) is 2.57. The van der Waals surface area contributed by atoms with Crippen molar-refractivity contribution in [2.45, 2.75) is 9.79 Å². The Morgan fingerprint density at radius 3 is 1.79 bits per heavy atom. The van der Waals surface area contributed by atoms with Gasteiger partial charge in [-0.2, -0.15) is 16.8 Å². The summed E-state index contributed by atoms with van der Waals surface area (Å²) in [4.78, 5) is -1.40. The topological polar surface area (TPSA) is 135 Å². The fourth-order valence-corrected chi connectivity index (χ4v) is 3.22. The van der Waals surface area contributed by atoms with E-state index in [0.717, 1.165) is 0 Å². The van der Waals surface area contributed by atoms with Gasteiger partial charge in [-0.25, -0.2) is 0 Å². The Balaban J connectivity index is 3.10. The molecule has 0 saturated carbocycles. The quantitative estimate of drug-likeness (QED) is 0.554. The minimum atomic E-state index is -4.71.